The lowest BCUT2D eigenvalue weighted by atomic mass is 10.1. The van der Waals surface area contributed by atoms with E-state index in [-0.39, 0.29) is 0 Å². The lowest BCUT2D eigenvalue weighted by molar-refractivity contribution is 0.411. The van der Waals surface area contributed by atoms with Crippen molar-refractivity contribution in [1.82, 2.24) is 5.32 Å². The molecule has 0 saturated carbocycles. The number of benzene rings is 1. The van der Waals surface area contributed by atoms with Gasteiger partial charge in [0.15, 0.2) is 0 Å². The molecule has 0 aromatic heterocycles. The number of rotatable bonds is 4. The number of methoxy groups -OCH3 is 1. The van der Waals surface area contributed by atoms with Crippen LogP contribution in [0, 0.1) is 6.92 Å². The summed E-state index contributed by atoms with van der Waals surface area (Å²) in [6, 6.07) is 6.42. The quantitative estimate of drug-likeness (QED) is 0.913. The van der Waals surface area contributed by atoms with Crippen LogP contribution in [0.25, 0.3) is 0 Å². The van der Waals surface area contributed by atoms with Crippen LogP contribution in [-0.2, 0) is 16.4 Å². The van der Waals surface area contributed by atoms with Crippen LogP contribution in [0.4, 0.5) is 0 Å². The minimum absolute atomic E-state index is 0.311. The van der Waals surface area contributed by atoms with E-state index in [1.54, 1.807) is 7.11 Å². The molecule has 0 aliphatic carbocycles. The van der Waals surface area contributed by atoms with Gasteiger partial charge in [0, 0.05) is 12.6 Å². The number of aryl methyl sites for hydroxylation is 1. The SMILES string of the molecule is COc1ccc(CNC2CCS(=O)(=O)CC2)cc1C. The summed E-state index contributed by atoms with van der Waals surface area (Å²) in [4.78, 5) is 0. The molecule has 0 amide bonds. The lowest BCUT2D eigenvalue weighted by Crippen LogP contribution is -2.37. The number of nitrogens with one attached hydrogen (secondary N) is 1. The van der Waals surface area contributed by atoms with Crippen molar-refractivity contribution in [2.45, 2.75) is 32.4 Å². The number of sulfone groups is 1. The Labute approximate surface area is 115 Å². The number of ether oxygens (including phenoxy) is 1. The molecule has 0 spiro atoms. The van der Waals surface area contributed by atoms with Crippen molar-refractivity contribution >= 4 is 9.84 Å². The summed E-state index contributed by atoms with van der Waals surface area (Å²) in [5, 5.41) is 3.44. The van der Waals surface area contributed by atoms with E-state index in [0.29, 0.717) is 17.5 Å². The molecule has 0 bridgehead atoms. The Kier molecular flexibility index (Phi) is 4.47. The van der Waals surface area contributed by atoms with Crippen molar-refractivity contribution in [1.29, 1.82) is 0 Å². The van der Waals surface area contributed by atoms with Crippen LogP contribution >= 0.6 is 0 Å². The highest BCUT2D eigenvalue weighted by Gasteiger charge is 2.22. The second-order valence-electron chi connectivity index (χ2n) is 5.11. The molecule has 1 aromatic rings. The van der Waals surface area contributed by atoms with E-state index in [2.05, 4.69) is 11.4 Å². The van der Waals surface area contributed by atoms with Crippen LogP contribution in [0.15, 0.2) is 18.2 Å². The topological polar surface area (TPSA) is 55.4 Å². The zero-order chi connectivity index (χ0) is 13.9. The second-order valence-corrected chi connectivity index (χ2v) is 7.41. The van der Waals surface area contributed by atoms with Gasteiger partial charge in [-0.2, -0.15) is 0 Å². The van der Waals surface area contributed by atoms with Crippen LogP contribution in [0.3, 0.4) is 0 Å². The van der Waals surface area contributed by atoms with Gasteiger partial charge in [0.2, 0.25) is 0 Å². The fourth-order valence-electron chi connectivity index (χ4n) is 2.41. The minimum Gasteiger partial charge on any atom is -0.496 e. The van der Waals surface area contributed by atoms with E-state index in [9.17, 15) is 8.42 Å². The van der Waals surface area contributed by atoms with Crippen LogP contribution in [0.1, 0.15) is 24.0 Å². The van der Waals surface area contributed by atoms with E-state index in [1.807, 2.05) is 19.1 Å². The van der Waals surface area contributed by atoms with Gasteiger partial charge < -0.3 is 10.1 Å². The van der Waals surface area contributed by atoms with Crippen LogP contribution < -0.4 is 10.1 Å². The first-order valence-corrected chi connectivity index (χ1v) is 8.39. The van der Waals surface area contributed by atoms with E-state index in [1.165, 1.54) is 5.56 Å². The Bertz CT molecular complexity index is 526. The summed E-state index contributed by atoms with van der Waals surface area (Å²) >= 11 is 0. The van der Waals surface area contributed by atoms with E-state index in [4.69, 9.17) is 4.74 Å². The Morgan fingerprint density at radius 3 is 2.58 bits per heavy atom. The van der Waals surface area contributed by atoms with Crippen molar-refractivity contribution in [3.63, 3.8) is 0 Å². The van der Waals surface area contributed by atoms with Gasteiger partial charge in [0.25, 0.3) is 0 Å². The van der Waals surface area contributed by atoms with E-state index < -0.39 is 9.84 Å². The normalized spacial score (nSPS) is 19.3. The molecule has 1 saturated heterocycles. The first-order chi connectivity index (χ1) is 9.00. The largest absolute Gasteiger partial charge is 0.496 e. The maximum atomic E-state index is 11.3. The Hall–Kier alpha value is -1.07. The third kappa shape index (κ3) is 3.94. The molecule has 106 valence electrons. The molecule has 1 aliphatic heterocycles. The van der Waals surface area contributed by atoms with Gasteiger partial charge >= 0.3 is 0 Å². The number of hydrogen-bond donors (Lipinski definition) is 1. The van der Waals surface area contributed by atoms with Gasteiger partial charge in [0.1, 0.15) is 15.6 Å². The zero-order valence-electron chi connectivity index (χ0n) is 11.5. The molecule has 0 radical (unpaired) electrons. The van der Waals surface area contributed by atoms with E-state index >= 15 is 0 Å². The molecule has 1 aromatic carbocycles. The minimum atomic E-state index is -2.77. The predicted octanol–water partition coefficient (Wildman–Crippen LogP) is 1.67. The first kappa shape index (κ1) is 14.3. The first-order valence-electron chi connectivity index (χ1n) is 6.57. The number of hydrogen-bond acceptors (Lipinski definition) is 4. The van der Waals surface area contributed by atoms with Crippen molar-refractivity contribution < 1.29 is 13.2 Å². The van der Waals surface area contributed by atoms with Gasteiger partial charge in [-0.05, 0) is 37.0 Å². The standard InChI is InChI=1S/C14H21NO3S/c1-11-9-12(3-4-14(11)18-2)10-15-13-5-7-19(16,17)8-6-13/h3-4,9,13,15H,5-8,10H2,1-2H3. The summed E-state index contributed by atoms with van der Waals surface area (Å²) < 4.78 is 27.9. The highest BCUT2D eigenvalue weighted by atomic mass is 32.2. The maximum absolute atomic E-state index is 11.3. The molecule has 1 N–H and O–H groups in total. The molecule has 4 nitrogen and oxygen atoms in total. The molecular weight excluding hydrogens is 262 g/mol. The van der Waals surface area contributed by atoms with E-state index in [0.717, 1.165) is 30.7 Å². The third-order valence-electron chi connectivity index (χ3n) is 3.61. The van der Waals surface area contributed by atoms with Crippen molar-refractivity contribution in [3.05, 3.63) is 29.3 Å². The summed E-state index contributed by atoms with van der Waals surface area (Å²) in [6.45, 7) is 2.80. The summed E-state index contributed by atoms with van der Waals surface area (Å²) in [5.74, 6) is 1.52. The third-order valence-corrected chi connectivity index (χ3v) is 5.32. The molecule has 5 heteroatoms. The Balaban J connectivity index is 1.88. The molecule has 1 aliphatic rings. The molecule has 1 fully saturated rings. The monoisotopic (exact) mass is 283 g/mol. The van der Waals surface area contributed by atoms with Crippen molar-refractivity contribution in [3.8, 4) is 5.75 Å². The highest BCUT2D eigenvalue weighted by molar-refractivity contribution is 7.91. The van der Waals surface area contributed by atoms with Gasteiger partial charge in [0.05, 0.1) is 18.6 Å². The van der Waals surface area contributed by atoms with Gasteiger partial charge in [-0.3, -0.25) is 0 Å². The molecular formula is C14H21NO3S. The van der Waals surface area contributed by atoms with Crippen LogP contribution in [0.5, 0.6) is 5.75 Å². The van der Waals surface area contributed by atoms with Crippen molar-refractivity contribution in [2.75, 3.05) is 18.6 Å². The second kappa shape index (κ2) is 5.92. The Morgan fingerprint density at radius 1 is 1.32 bits per heavy atom. The molecule has 0 unspecified atom stereocenters. The summed E-state index contributed by atoms with van der Waals surface area (Å²) in [5.41, 5.74) is 2.32. The van der Waals surface area contributed by atoms with Crippen LogP contribution in [-0.4, -0.2) is 33.1 Å². The zero-order valence-corrected chi connectivity index (χ0v) is 12.3. The van der Waals surface area contributed by atoms with Crippen molar-refractivity contribution in [2.24, 2.45) is 0 Å². The maximum Gasteiger partial charge on any atom is 0.150 e. The summed E-state index contributed by atoms with van der Waals surface area (Å²) in [7, 11) is -1.10. The average Bonchev–Trinajstić information content (AvgIpc) is 2.38. The highest BCUT2D eigenvalue weighted by Crippen LogP contribution is 2.19. The van der Waals surface area contributed by atoms with Gasteiger partial charge in [-0.25, -0.2) is 8.42 Å². The predicted molar refractivity (Wildman–Crippen MR) is 76.2 cm³/mol. The molecule has 1 heterocycles. The molecule has 0 atom stereocenters. The summed E-state index contributed by atoms with van der Waals surface area (Å²) in [6.07, 6.45) is 1.44. The van der Waals surface area contributed by atoms with Crippen LogP contribution in [0.2, 0.25) is 0 Å². The fourth-order valence-corrected chi connectivity index (χ4v) is 3.90. The smallest absolute Gasteiger partial charge is 0.150 e. The molecule has 2 rings (SSSR count). The molecule has 19 heavy (non-hydrogen) atoms. The van der Waals surface area contributed by atoms with Gasteiger partial charge in [-0.1, -0.05) is 12.1 Å². The fraction of sp³-hybridized carbons (Fsp3) is 0.571. The Morgan fingerprint density at radius 2 is 2.00 bits per heavy atom. The van der Waals surface area contributed by atoms with Gasteiger partial charge in [-0.15, -0.1) is 0 Å². The lowest BCUT2D eigenvalue weighted by Gasteiger charge is -2.23. The average molecular weight is 283 g/mol.